The molecule has 0 radical (unpaired) electrons. The van der Waals surface area contributed by atoms with Crippen LogP contribution in [0.5, 0.6) is 0 Å². The number of ether oxygens (including phenoxy) is 6. The van der Waals surface area contributed by atoms with E-state index in [2.05, 4.69) is 55.6 Å². The number of amides is 1. The van der Waals surface area contributed by atoms with Crippen LogP contribution in [0.2, 0.25) is 0 Å². The van der Waals surface area contributed by atoms with Crippen LogP contribution < -0.4 is 5.32 Å². The number of hydrogen-bond donors (Lipinski definition) is 12. The first kappa shape index (κ1) is 98.9. The lowest BCUT2D eigenvalue weighted by Gasteiger charge is -2.48. The summed E-state index contributed by atoms with van der Waals surface area (Å²) in [5.74, 6) is -0.283. The Morgan fingerprint density at radius 1 is 0.327 bits per heavy atom. The Kier molecular flexibility index (Phi) is 63.0. The molecule has 3 heterocycles. The van der Waals surface area contributed by atoms with Gasteiger partial charge in [0.15, 0.2) is 18.9 Å². The Morgan fingerprint density at radius 3 is 0.935 bits per heavy atom. The molecule has 1 amide bonds. The number of aliphatic hydroxyl groups is 11. The summed E-state index contributed by atoms with van der Waals surface area (Å²) >= 11 is 0. The fourth-order valence-electron chi connectivity index (χ4n) is 15.0. The molecule has 0 aromatic carbocycles. The van der Waals surface area contributed by atoms with Crippen molar-refractivity contribution in [3.63, 3.8) is 0 Å². The molecule has 3 fully saturated rings. The maximum absolute atomic E-state index is 13.5. The predicted octanol–water partition coefficient (Wildman–Crippen LogP) is 16.4. The van der Waals surface area contributed by atoms with Gasteiger partial charge in [-0.1, -0.05) is 345 Å². The fourth-order valence-corrected chi connectivity index (χ4v) is 15.0. The molecule has 17 unspecified atom stereocenters. The van der Waals surface area contributed by atoms with Crippen LogP contribution in [0.25, 0.3) is 0 Å². The zero-order valence-corrected chi connectivity index (χ0v) is 67.6. The van der Waals surface area contributed by atoms with E-state index in [4.69, 9.17) is 28.4 Å². The van der Waals surface area contributed by atoms with Gasteiger partial charge in [-0.05, 0) is 70.6 Å². The molecule has 17 atom stereocenters. The molecule has 107 heavy (non-hydrogen) atoms. The van der Waals surface area contributed by atoms with Crippen molar-refractivity contribution in [2.45, 2.75) is 478 Å². The maximum Gasteiger partial charge on any atom is 0.220 e. The molecule has 0 aliphatic carbocycles. The number of allylic oxidation sites excluding steroid dienone is 7. The van der Waals surface area contributed by atoms with E-state index in [1.54, 1.807) is 6.08 Å². The summed E-state index contributed by atoms with van der Waals surface area (Å²) in [5, 5.41) is 121. The van der Waals surface area contributed by atoms with Crippen LogP contribution in [-0.4, -0.2) is 193 Å². The monoisotopic (exact) mass is 1520 g/mol. The summed E-state index contributed by atoms with van der Waals surface area (Å²) in [5.41, 5.74) is 0. The molecule has 628 valence electrons. The minimum atomic E-state index is -1.98. The van der Waals surface area contributed by atoms with E-state index in [1.807, 2.05) is 6.08 Å². The highest BCUT2D eigenvalue weighted by atomic mass is 16.8. The van der Waals surface area contributed by atoms with E-state index in [9.17, 15) is 61.0 Å². The van der Waals surface area contributed by atoms with E-state index < -0.39 is 124 Å². The van der Waals surface area contributed by atoms with Gasteiger partial charge >= 0.3 is 0 Å². The van der Waals surface area contributed by atoms with Gasteiger partial charge in [0, 0.05) is 6.42 Å². The molecule has 0 aromatic heterocycles. The van der Waals surface area contributed by atoms with Crippen molar-refractivity contribution >= 4 is 5.91 Å². The Morgan fingerprint density at radius 2 is 0.598 bits per heavy atom. The molecule has 3 saturated heterocycles. The predicted molar refractivity (Wildman–Crippen MR) is 429 cm³/mol. The molecule has 0 saturated carbocycles. The smallest absolute Gasteiger partial charge is 0.220 e. The van der Waals surface area contributed by atoms with Crippen LogP contribution in [0.4, 0.5) is 0 Å². The first-order valence-electron chi connectivity index (χ1n) is 44.4. The zero-order chi connectivity index (χ0) is 77.4. The first-order chi connectivity index (χ1) is 52.3. The molecule has 3 aliphatic rings. The normalized spacial score (nSPS) is 25.7. The Labute approximate surface area is 650 Å². The van der Waals surface area contributed by atoms with Gasteiger partial charge in [-0.25, -0.2) is 0 Å². The maximum atomic E-state index is 13.5. The van der Waals surface area contributed by atoms with Gasteiger partial charge in [0.1, 0.15) is 73.2 Å². The lowest BCUT2D eigenvalue weighted by Crippen LogP contribution is -2.66. The van der Waals surface area contributed by atoms with Crippen molar-refractivity contribution in [2.75, 3.05) is 26.4 Å². The summed E-state index contributed by atoms with van der Waals surface area (Å²) < 4.78 is 34.5. The van der Waals surface area contributed by atoms with Crippen LogP contribution in [0.15, 0.2) is 48.6 Å². The average Bonchev–Trinajstić information content (AvgIpc) is 0.782. The molecule has 0 bridgehead atoms. The lowest BCUT2D eigenvalue weighted by molar-refractivity contribution is -0.379. The topological polar surface area (TPSA) is 307 Å². The highest BCUT2D eigenvalue weighted by molar-refractivity contribution is 5.76. The highest BCUT2D eigenvalue weighted by Crippen LogP contribution is 2.33. The second-order valence-corrected chi connectivity index (χ2v) is 31.7. The number of nitrogens with one attached hydrogen (secondary N) is 1. The molecular formula is C88H163NO18. The number of rotatable bonds is 72. The molecule has 3 aliphatic heterocycles. The summed E-state index contributed by atoms with van der Waals surface area (Å²) in [4.78, 5) is 13.5. The van der Waals surface area contributed by atoms with E-state index in [0.29, 0.717) is 12.8 Å². The summed E-state index contributed by atoms with van der Waals surface area (Å²) in [6, 6.07) is -0.997. The van der Waals surface area contributed by atoms with E-state index >= 15 is 0 Å². The number of hydrogen-bond acceptors (Lipinski definition) is 18. The Hall–Kier alpha value is -2.25. The third kappa shape index (κ3) is 47.3. The van der Waals surface area contributed by atoms with Crippen LogP contribution in [0.3, 0.4) is 0 Å². The quantitative estimate of drug-likeness (QED) is 0.0199. The van der Waals surface area contributed by atoms with Crippen LogP contribution in [-0.2, 0) is 33.2 Å². The number of unbranched alkanes of at least 4 members (excludes halogenated alkanes) is 50. The van der Waals surface area contributed by atoms with Gasteiger partial charge in [-0.15, -0.1) is 0 Å². The summed E-state index contributed by atoms with van der Waals surface area (Å²) in [6.07, 6.45) is 61.5. The van der Waals surface area contributed by atoms with Crippen molar-refractivity contribution < 1.29 is 89.4 Å². The van der Waals surface area contributed by atoms with Gasteiger partial charge in [0.2, 0.25) is 5.91 Å². The average molecular weight is 1520 g/mol. The minimum absolute atomic E-state index is 0.236. The van der Waals surface area contributed by atoms with Crippen molar-refractivity contribution in [1.29, 1.82) is 0 Å². The molecular weight excluding hydrogens is 1360 g/mol. The number of carbonyl (C=O) groups excluding carboxylic acids is 1. The summed E-state index contributed by atoms with van der Waals surface area (Å²) in [6.45, 7) is 1.76. The molecule has 0 aromatic rings. The summed E-state index contributed by atoms with van der Waals surface area (Å²) in [7, 11) is 0. The largest absolute Gasteiger partial charge is 0.394 e. The Bertz CT molecular complexity index is 2120. The second kappa shape index (κ2) is 68.2. The van der Waals surface area contributed by atoms with Crippen LogP contribution in [0.1, 0.15) is 373 Å². The molecule has 0 spiro atoms. The first-order valence-corrected chi connectivity index (χ1v) is 44.4. The third-order valence-electron chi connectivity index (χ3n) is 22.1. The van der Waals surface area contributed by atoms with Gasteiger partial charge in [-0.2, -0.15) is 0 Å². The van der Waals surface area contributed by atoms with Crippen molar-refractivity contribution in [1.82, 2.24) is 5.32 Å². The highest BCUT2D eigenvalue weighted by Gasteiger charge is 2.54. The van der Waals surface area contributed by atoms with Crippen molar-refractivity contribution in [3.8, 4) is 0 Å². The van der Waals surface area contributed by atoms with Crippen molar-refractivity contribution in [2.24, 2.45) is 0 Å². The molecule has 12 N–H and O–H groups in total. The van der Waals surface area contributed by atoms with E-state index in [1.165, 1.54) is 295 Å². The number of aliphatic hydroxyl groups excluding tert-OH is 11. The van der Waals surface area contributed by atoms with Gasteiger partial charge in [0.25, 0.3) is 0 Å². The SMILES string of the molecule is CCCCCCCCCC/C=C\CCCCCCCCCCCCCCCCCCCCCCCCCCCCCCCC(=O)NC(COC1OC(CO)C(OC2OC(CO)C(OC3OC(CO)C(O)C(O)C3O)C(O)C2O)C(O)C1O)C(O)/C=C/CC/C=C/CC/C=C/CCCCCCCCCCCCC. The van der Waals surface area contributed by atoms with Gasteiger partial charge < -0.3 is 89.9 Å². The minimum Gasteiger partial charge on any atom is -0.394 e. The van der Waals surface area contributed by atoms with Crippen LogP contribution >= 0.6 is 0 Å². The van der Waals surface area contributed by atoms with E-state index in [-0.39, 0.29) is 18.9 Å². The van der Waals surface area contributed by atoms with E-state index in [0.717, 1.165) is 44.9 Å². The van der Waals surface area contributed by atoms with Gasteiger partial charge in [0.05, 0.1) is 38.6 Å². The molecule has 3 rings (SSSR count). The molecule has 19 heteroatoms. The van der Waals surface area contributed by atoms with Crippen LogP contribution in [0, 0.1) is 0 Å². The fraction of sp³-hybridized carbons (Fsp3) is 0.898. The Balaban J connectivity index is 1.29. The zero-order valence-electron chi connectivity index (χ0n) is 67.6. The number of carbonyl (C=O) groups is 1. The van der Waals surface area contributed by atoms with Gasteiger partial charge in [-0.3, -0.25) is 4.79 Å². The second-order valence-electron chi connectivity index (χ2n) is 31.7. The molecule has 19 nitrogen and oxygen atoms in total. The lowest BCUT2D eigenvalue weighted by atomic mass is 9.96. The third-order valence-corrected chi connectivity index (χ3v) is 22.1. The van der Waals surface area contributed by atoms with Crippen molar-refractivity contribution in [3.05, 3.63) is 48.6 Å². The standard InChI is InChI=1S/C88H163NO18/c1-3-5-7-9-11-13-15-17-19-21-23-25-26-27-28-29-30-31-32-33-34-35-36-37-38-39-40-41-42-43-44-46-48-50-52-54-56-58-60-62-64-66-76(94)89-71(72(93)65-63-61-59-57-55-53-51-49-47-45-24-22-20-18-16-14-12-10-8-6-4-2)70-102-86-82(100)79(97)84(74(68-91)104-86)107-88-83(101)80(98)85(75(69-92)105-88)106-87-81(99)78(96)77(95)73(67-90)103-87/h21,23,47,49,55,57,63,65,71-75,77-88,90-93,95-101H,3-20,22,24-46,48,50-54,56,58-62,64,66-70H2,1-2H3,(H,89,94)/b23-21-,49-47+,57-55+,65-63+.